The lowest BCUT2D eigenvalue weighted by Gasteiger charge is -2.33. The average molecular weight is 199 g/mol. The third-order valence-electron chi connectivity index (χ3n) is 3.69. The molecule has 0 amide bonds. The predicted molar refractivity (Wildman–Crippen MR) is 55.2 cm³/mol. The molecule has 0 radical (unpaired) electrons. The normalized spacial score (nSPS) is 43.3. The van der Waals surface area contributed by atoms with E-state index in [1.807, 2.05) is 0 Å². The fraction of sp³-hybridized carbons (Fsp3) is 1.00. The molecule has 2 aliphatic heterocycles. The zero-order chi connectivity index (χ0) is 10.0. The highest BCUT2D eigenvalue weighted by Crippen LogP contribution is 2.39. The van der Waals surface area contributed by atoms with E-state index in [-0.39, 0.29) is 11.7 Å². The molecule has 2 saturated heterocycles. The van der Waals surface area contributed by atoms with Crippen molar-refractivity contribution in [2.45, 2.75) is 56.8 Å². The van der Waals surface area contributed by atoms with Gasteiger partial charge < -0.3 is 15.2 Å². The molecule has 3 atom stereocenters. The Morgan fingerprint density at radius 1 is 1.43 bits per heavy atom. The maximum absolute atomic E-state index is 5.94. The molecular formula is C11H21NO2. The van der Waals surface area contributed by atoms with Crippen LogP contribution in [0.4, 0.5) is 0 Å². The van der Waals surface area contributed by atoms with Crippen LogP contribution in [0.2, 0.25) is 0 Å². The van der Waals surface area contributed by atoms with Gasteiger partial charge in [0.2, 0.25) is 0 Å². The summed E-state index contributed by atoms with van der Waals surface area (Å²) in [6, 6.07) is 0. The average Bonchev–Trinajstić information content (AvgIpc) is 2.87. The summed E-state index contributed by atoms with van der Waals surface area (Å²) in [5, 5.41) is 0. The van der Waals surface area contributed by atoms with Gasteiger partial charge in [0.1, 0.15) is 0 Å². The van der Waals surface area contributed by atoms with Gasteiger partial charge in [0.15, 0.2) is 0 Å². The van der Waals surface area contributed by atoms with E-state index in [1.165, 1.54) is 6.42 Å². The molecule has 0 aliphatic carbocycles. The zero-order valence-electron chi connectivity index (χ0n) is 9.00. The van der Waals surface area contributed by atoms with E-state index in [1.54, 1.807) is 0 Å². The molecule has 2 rings (SSSR count). The lowest BCUT2D eigenvalue weighted by molar-refractivity contribution is -0.114. The Morgan fingerprint density at radius 2 is 2.29 bits per heavy atom. The van der Waals surface area contributed by atoms with Gasteiger partial charge in [0.25, 0.3) is 0 Å². The van der Waals surface area contributed by atoms with Crippen LogP contribution in [-0.2, 0) is 9.47 Å². The largest absolute Gasteiger partial charge is 0.372 e. The molecule has 2 N–H and O–H groups in total. The molecule has 0 aromatic heterocycles. The molecule has 3 nitrogen and oxygen atoms in total. The van der Waals surface area contributed by atoms with Crippen LogP contribution in [0.3, 0.4) is 0 Å². The lowest BCUT2D eigenvalue weighted by atomic mass is 9.89. The monoisotopic (exact) mass is 199 g/mol. The van der Waals surface area contributed by atoms with Crippen molar-refractivity contribution in [3.05, 3.63) is 0 Å². The molecule has 2 heterocycles. The number of ether oxygens (including phenoxy) is 2. The summed E-state index contributed by atoms with van der Waals surface area (Å²) in [5.41, 5.74) is 5.63. The van der Waals surface area contributed by atoms with E-state index < -0.39 is 0 Å². The van der Waals surface area contributed by atoms with Crippen molar-refractivity contribution >= 4 is 0 Å². The molecular weight excluding hydrogens is 178 g/mol. The Kier molecular flexibility index (Phi) is 3.10. The van der Waals surface area contributed by atoms with Crippen LogP contribution in [-0.4, -0.2) is 31.0 Å². The van der Waals surface area contributed by atoms with Gasteiger partial charge in [-0.05, 0) is 32.1 Å². The van der Waals surface area contributed by atoms with E-state index in [0.717, 1.165) is 32.3 Å². The van der Waals surface area contributed by atoms with Gasteiger partial charge in [-0.25, -0.2) is 0 Å². The molecule has 3 unspecified atom stereocenters. The minimum absolute atomic E-state index is 0.0178. The zero-order valence-corrected chi connectivity index (χ0v) is 9.00. The molecule has 0 aromatic carbocycles. The number of hydrogen-bond donors (Lipinski definition) is 1. The van der Waals surface area contributed by atoms with E-state index in [4.69, 9.17) is 15.2 Å². The highest BCUT2D eigenvalue weighted by Gasteiger charge is 2.45. The van der Waals surface area contributed by atoms with Crippen LogP contribution in [0.1, 0.15) is 39.0 Å². The van der Waals surface area contributed by atoms with Crippen molar-refractivity contribution in [2.75, 3.05) is 13.2 Å². The van der Waals surface area contributed by atoms with Gasteiger partial charge in [-0.3, -0.25) is 0 Å². The van der Waals surface area contributed by atoms with Crippen LogP contribution < -0.4 is 5.73 Å². The Hall–Kier alpha value is -0.120. The summed E-state index contributed by atoms with van der Waals surface area (Å²) < 4.78 is 11.8. The summed E-state index contributed by atoms with van der Waals surface area (Å²) in [6.07, 6.45) is 6.19. The van der Waals surface area contributed by atoms with E-state index in [0.29, 0.717) is 12.6 Å². The second kappa shape index (κ2) is 4.17. The molecule has 0 spiro atoms. The third-order valence-corrected chi connectivity index (χ3v) is 3.69. The second-order valence-electron chi connectivity index (χ2n) is 4.43. The highest BCUT2D eigenvalue weighted by atomic mass is 16.6. The molecule has 14 heavy (non-hydrogen) atoms. The van der Waals surface area contributed by atoms with Gasteiger partial charge in [0, 0.05) is 13.2 Å². The van der Waals surface area contributed by atoms with Crippen molar-refractivity contribution in [3.8, 4) is 0 Å². The van der Waals surface area contributed by atoms with Crippen LogP contribution in [0.5, 0.6) is 0 Å². The van der Waals surface area contributed by atoms with Crippen LogP contribution in [0.25, 0.3) is 0 Å². The fourth-order valence-corrected chi connectivity index (χ4v) is 2.75. The Balaban J connectivity index is 1.99. The minimum Gasteiger partial charge on any atom is -0.372 e. The summed E-state index contributed by atoms with van der Waals surface area (Å²) >= 11 is 0. The Bertz CT molecular complexity index is 190. The molecule has 2 aliphatic rings. The van der Waals surface area contributed by atoms with Gasteiger partial charge >= 0.3 is 0 Å². The van der Waals surface area contributed by atoms with Crippen molar-refractivity contribution in [2.24, 2.45) is 5.73 Å². The summed E-state index contributed by atoms with van der Waals surface area (Å²) in [5.74, 6) is 0. The van der Waals surface area contributed by atoms with Crippen molar-refractivity contribution in [1.29, 1.82) is 0 Å². The Morgan fingerprint density at radius 3 is 2.79 bits per heavy atom. The van der Waals surface area contributed by atoms with Crippen LogP contribution >= 0.6 is 0 Å². The molecule has 82 valence electrons. The maximum atomic E-state index is 5.94. The first-order valence-electron chi connectivity index (χ1n) is 5.80. The first kappa shape index (κ1) is 10.4. The maximum Gasteiger partial charge on any atom is 0.0941 e. The van der Waals surface area contributed by atoms with Crippen molar-refractivity contribution in [3.63, 3.8) is 0 Å². The molecule has 0 saturated carbocycles. The summed E-state index contributed by atoms with van der Waals surface area (Å²) in [6.45, 7) is 3.75. The van der Waals surface area contributed by atoms with Crippen LogP contribution in [0.15, 0.2) is 0 Å². The predicted octanol–water partition coefficient (Wildman–Crippen LogP) is 1.45. The SMILES string of the molecule is CCC1(C2CCC(CN)O2)CCCO1. The smallest absolute Gasteiger partial charge is 0.0941 e. The van der Waals surface area contributed by atoms with E-state index >= 15 is 0 Å². The lowest BCUT2D eigenvalue weighted by Crippen LogP contribution is -2.41. The van der Waals surface area contributed by atoms with Gasteiger partial charge in [-0.2, -0.15) is 0 Å². The van der Waals surface area contributed by atoms with Gasteiger partial charge in [-0.1, -0.05) is 6.92 Å². The minimum atomic E-state index is 0.0178. The molecule has 3 heteroatoms. The first-order valence-corrected chi connectivity index (χ1v) is 5.80. The first-order chi connectivity index (χ1) is 6.80. The van der Waals surface area contributed by atoms with Crippen LogP contribution in [0, 0.1) is 0 Å². The van der Waals surface area contributed by atoms with E-state index in [9.17, 15) is 0 Å². The second-order valence-corrected chi connectivity index (χ2v) is 4.43. The fourth-order valence-electron chi connectivity index (χ4n) is 2.75. The Labute approximate surface area is 85.9 Å². The highest BCUT2D eigenvalue weighted by molar-refractivity contribution is 4.95. The number of hydrogen-bond acceptors (Lipinski definition) is 3. The van der Waals surface area contributed by atoms with Gasteiger partial charge in [0.05, 0.1) is 17.8 Å². The van der Waals surface area contributed by atoms with Crippen molar-refractivity contribution < 1.29 is 9.47 Å². The standard InChI is InChI=1S/C11H21NO2/c1-2-11(6-3-7-13-11)10-5-4-9(8-12)14-10/h9-10H,2-8,12H2,1H3. The quantitative estimate of drug-likeness (QED) is 0.748. The topological polar surface area (TPSA) is 44.5 Å². The number of rotatable bonds is 3. The van der Waals surface area contributed by atoms with Gasteiger partial charge in [-0.15, -0.1) is 0 Å². The van der Waals surface area contributed by atoms with Crippen molar-refractivity contribution in [1.82, 2.24) is 0 Å². The third kappa shape index (κ3) is 1.69. The molecule has 0 aromatic rings. The number of nitrogens with two attached hydrogens (primary N) is 1. The molecule has 0 bridgehead atoms. The molecule has 2 fully saturated rings. The summed E-state index contributed by atoms with van der Waals surface area (Å²) in [7, 11) is 0. The summed E-state index contributed by atoms with van der Waals surface area (Å²) in [4.78, 5) is 0. The van der Waals surface area contributed by atoms with E-state index in [2.05, 4.69) is 6.92 Å².